The largest absolute Gasteiger partial charge is 0.368 e. The normalized spacial score (nSPS) is 14.6. The van der Waals surface area contributed by atoms with Crippen molar-refractivity contribution < 1.29 is 13.6 Å². The second-order valence-electron chi connectivity index (χ2n) is 6.29. The quantitative estimate of drug-likeness (QED) is 0.895. The van der Waals surface area contributed by atoms with Crippen molar-refractivity contribution in [3.63, 3.8) is 0 Å². The Labute approximate surface area is 146 Å². The molecule has 0 atom stereocenters. The van der Waals surface area contributed by atoms with Gasteiger partial charge in [0.15, 0.2) is 0 Å². The van der Waals surface area contributed by atoms with Gasteiger partial charge in [0.1, 0.15) is 17.3 Å². The lowest BCUT2D eigenvalue weighted by molar-refractivity contribution is 0.208. The monoisotopic (exact) mass is 345 g/mol. The van der Waals surface area contributed by atoms with Crippen LogP contribution < -0.4 is 10.2 Å². The predicted molar refractivity (Wildman–Crippen MR) is 95.1 cm³/mol. The van der Waals surface area contributed by atoms with Crippen molar-refractivity contribution >= 4 is 17.4 Å². The lowest BCUT2D eigenvalue weighted by Crippen LogP contribution is -2.50. The highest BCUT2D eigenvalue weighted by Crippen LogP contribution is 2.23. The van der Waals surface area contributed by atoms with Crippen molar-refractivity contribution in [2.45, 2.75) is 13.8 Å². The van der Waals surface area contributed by atoms with Crippen LogP contribution in [0.15, 0.2) is 36.4 Å². The average Bonchev–Trinajstić information content (AvgIpc) is 2.58. The molecular weight excluding hydrogens is 324 g/mol. The zero-order chi connectivity index (χ0) is 18.0. The summed E-state index contributed by atoms with van der Waals surface area (Å²) in [6.45, 7) is 6.47. The number of para-hydroxylation sites is 1. The van der Waals surface area contributed by atoms with Crippen LogP contribution in [0.5, 0.6) is 0 Å². The van der Waals surface area contributed by atoms with Crippen LogP contribution in [0.25, 0.3) is 0 Å². The smallest absolute Gasteiger partial charge is 0.322 e. The molecule has 4 nitrogen and oxygen atoms in total. The van der Waals surface area contributed by atoms with Crippen LogP contribution in [-0.4, -0.2) is 37.1 Å². The van der Waals surface area contributed by atoms with Crippen LogP contribution in [0, 0.1) is 25.5 Å². The highest BCUT2D eigenvalue weighted by molar-refractivity contribution is 5.89. The van der Waals surface area contributed by atoms with E-state index in [1.54, 1.807) is 4.90 Å². The Kier molecular flexibility index (Phi) is 4.88. The Balaban J connectivity index is 1.63. The molecule has 6 heteroatoms. The van der Waals surface area contributed by atoms with E-state index in [4.69, 9.17) is 0 Å². The molecule has 1 N–H and O–H groups in total. The number of urea groups is 1. The van der Waals surface area contributed by atoms with E-state index >= 15 is 0 Å². The summed E-state index contributed by atoms with van der Waals surface area (Å²) in [5.41, 5.74) is 3.17. The van der Waals surface area contributed by atoms with Gasteiger partial charge >= 0.3 is 6.03 Å². The van der Waals surface area contributed by atoms with Crippen LogP contribution in [-0.2, 0) is 0 Å². The number of anilines is 2. The molecule has 1 saturated heterocycles. The van der Waals surface area contributed by atoms with E-state index in [2.05, 4.69) is 42.3 Å². The number of carbonyl (C=O) groups is 1. The highest BCUT2D eigenvalue weighted by Gasteiger charge is 2.23. The fourth-order valence-corrected chi connectivity index (χ4v) is 3.11. The maximum absolute atomic E-state index is 13.7. The molecule has 0 aromatic heterocycles. The third kappa shape index (κ3) is 3.73. The van der Waals surface area contributed by atoms with Gasteiger partial charge in [-0.2, -0.15) is 0 Å². The zero-order valence-corrected chi connectivity index (χ0v) is 14.4. The van der Waals surface area contributed by atoms with Crippen LogP contribution in [0.1, 0.15) is 11.1 Å². The minimum absolute atomic E-state index is 0.399. The number of halogens is 2. The van der Waals surface area contributed by atoms with Crippen molar-refractivity contribution in [1.29, 1.82) is 0 Å². The zero-order valence-electron chi connectivity index (χ0n) is 14.4. The summed E-state index contributed by atoms with van der Waals surface area (Å²) in [6.07, 6.45) is 0. The first-order valence-electron chi connectivity index (χ1n) is 8.28. The lowest BCUT2D eigenvalue weighted by atomic mass is 10.1. The average molecular weight is 345 g/mol. The van der Waals surface area contributed by atoms with Crippen LogP contribution >= 0.6 is 0 Å². The predicted octanol–water partition coefficient (Wildman–Crippen LogP) is 3.94. The molecule has 132 valence electrons. The van der Waals surface area contributed by atoms with Crippen LogP contribution in [0.3, 0.4) is 0 Å². The number of benzene rings is 2. The van der Waals surface area contributed by atoms with Gasteiger partial charge in [-0.25, -0.2) is 13.6 Å². The molecule has 3 rings (SSSR count). The summed E-state index contributed by atoms with van der Waals surface area (Å²) >= 11 is 0. The number of nitrogens with one attached hydrogen (secondary N) is 1. The molecule has 2 aromatic rings. The first kappa shape index (κ1) is 17.2. The second kappa shape index (κ2) is 7.09. The number of aryl methyl sites for hydroxylation is 2. The van der Waals surface area contributed by atoms with Gasteiger partial charge in [0.05, 0.1) is 0 Å². The van der Waals surface area contributed by atoms with Gasteiger partial charge in [-0.1, -0.05) is 23.8 Å². The molecule has 0 aliphatic carbocycles. The molecule has 25 heavy (non-hydrogen) atoms. The summed E-state index contributed by atoms with van der Waals surface area (Å²) in [5, 5.41) is 2.34. The van der Waals surface area contributed by atoms with Crippen LogP contribution in [0.2, 0.25) is 0 Å². The number of hydrogen-bond donors (Lipinski definition) is 1. The van der Waals surface area contributed by atoms with Crippen molar-refractivity contribution in [3.8, 4) is 0 Å². The summed E-state index contributed by atoms with van der Waals surface area (Å²) in [7, 11) is 0. The SMILES string of the molecule is Cc1ccc(N2CCN(C(=O)Nc3c(F)cccc3F)CC2)c(C)c1. The van der Waals surface area contributed by atoms with Crippen molar-refractivity contribution in [2.75, 3.05) is 36.4 Å². The first-order valence-corrected chi connectivity index (χ1v) is 8.28. The topological polar surface area (TPSA) is 35.6 Å². The molecule has 0 spiro atoms. The molecular formula is C19H21F2N3O. The molecule has 1 aliphatic rings. The van der Waals surface area contributed by atoms with E-state index in [-0.39, 0.29) is 0 Å². The Hall–Kier alpha value is -2.63. The number of amides is 2. The Morgan fingerprint density at radius 1 is 1.00 bits per heavy atom. The molecule has 1 heterocycles. The third-order valence-electron chi connectivity index (χ3n) is 4.45. The van der Waals surface area contributed by atoms with E-state index < -0.39 is 23.4 Å². The van der Waals surface area contributed by atoms with Gasteiger partial charge in [-0.3, -0.25) is 0 Å². The maximum Gasteiger partial charge on any atom is 0.322 e. The number of nitrogens with zero attached hydrogens (tertiary/aromatic N) is 2. The standard InChI is InChI=1S/C19H21F2N3O/c1-13-6-7-17(14(2)12-13)23-8-10-24(11-9-23)19(25)22-18-15(20)4-3-5-16(18)21/h3-7,12H,8-11H2,1-2H3,(H,22,25). The molecule has 0 bridgehead atoms. The number of piperazine rings is 1. The van der Waals surface area contributed by atoms with E-state index in [1.165, 1.54) is 17.2 Å². The Bertz CT molecular complexity index is 766. The molecule has 0 radical (unpaired) electrons. The Morgan fingerprint density at radius 3 is 2.24 bits per heavy atom. The van der Waals surface area contributed by atoms with Crippen molar-refractivity contribution in [3.05, 3.63) is 59.2 Å². The van der Waals surface area contributed by atoms with Gasteiger partial charge in [-0.05, 0) is 37.6 Å². The fourth-order valence-electron chi connectivity index (χ4n) is 3.11. The molecule has 2 aromatic carbocycles. The van der Waals surface area contributed by atoms with E-state index in [1.807, 2.05) is 0 Å². The van der Waals surface area contributed by atoms with Gasteiger partial charge in [0.25, 0.3) is 0 Å². The van der Waals surface area contributed by atoms with Gasteiger partial charge in [0.2, 0.25) is 0 Å². The van der Waals surface area contributed by atoms with Crippen molar-refractivity contribution in [2.24, 2.45) is 0 Å². The number of rotatable bonds is 2. The van der Waals surface area contributed by atoms with E-state index in [0.717, 1.165) is 17.8 Å². The summed E-state index contributed by atoms with van der Waals surface area (Å²) in [6, 6.07) is 9.33. The second-order valence-corrected chi connectivity index (χ2v) is 6.29. The molecule has 0 unspecified atom stereocenters. The lowest BCUT2D eigenvalue weighted by Gasteiger charge is -2.36. The number of carbonyl (C=O) groups excluding carboxylic acids is 1. The summed E-state index contributed by atoms with van der Waals surface area (Å²) < 4.78 is 27.3. The summed E-state index contributed by atoms with van der Waals surface area (Å²) in [4.78, 5) is 16.1. The molecule has 0 saturated carbocycles. The minimum atomic E-state index is -0.776. The fraction of sp³-hybridized carbons (Fsp3) is 0.316. The van der Waals surface area contributed by atoms with Gasteiger partial charge in [0, 0.05) is 31.9 Å². The van der Waals surface area contributed by atoms with E-state index in [9.17, 15) is 13.6 Å². The first-order chi connectivity index (χ1) is 12.0. The van der Waals surface area contributed by atoms with Crippen LogP contribution in [0.4, 0.5) is 25.0 Å². The maximum atomic E-state index is 13.7. The van der Waals surface area contributed by atoms with Gasteiger partial charge in [-0.15, -0.1) is 0 Å². The molecule has 1 fully saturated rings. The third-order valence-corrected chi connectivity index (χ3v) is 4.45. The van der Waals surface area contributed by atoms with E-state index in [0.29, 0.717) is 26.2 Å². The van der Waals surface area contributed by atoms with Gasteiger partial charge < -0.3 is 15.1 Å². The van der Waals surface area contributed by atoms with Crippen molar-refractivity contribution in [1.82, 2.24) is 4.90 Å². The molecule has 2 amide bonds. The highest BCUT2D eigenvalue weighted by atomic mass is 19.1. The molecule has 1 aliphatic heterocycles. The Morgan fingerprint density at radius 2 is 1.64 bits per heavy atom. The minimum Gasteiger partial charge on any atom is -0.368 e. The summed E-state index contributed by atoms with van der Waals surface area (Å²) in [5.74, 6) is -1.55. The number of hydrogen-bond acceptors (Lipinski definition) is 2.